The molecule has 0 fully saturated rings. The molecule has 0 saturated carbocycles. The van der Waals surface area contributed by atoms with Crippen LogP contribution in [0.15, 0.2) is 133 Å². The normalized spacial score (nSPS) is 11.8. The summed E-state index contributed by atoms with van der Waals surface area (Å²) in [7, 11) is -9.80. The van der Waals surface area contributed by atoms with Gasteiger partial charge in [0.25, 0.3) is 20.2 Å². The predicted octanol–water partition coefficient (Wildman–Crippen LogP) is 1.93. The maximum Gasteiger partial charge on any atom is 1.00 e. The number of anilines is 3. The third-order valence-corrected chi connectivity index (χ3v) is 9.68. The van der Waals surface area contributed by atoms with Crippen molar-refractivity contribution in [2.45, 2.75) is 23.6 Å². The van der Waals surface area contributed by atoms with Crippen molar-refractivity contribution >= 4 is 70.8 Å². The molecule has 0 unspecified atom stereocenters. The van der Waals surface area contributed by atoms with Gasteiger partial charge in [-0.25, -0.2) is 0 Å². The minimum Gasteiger partial charge on any atom is -0.872 e. The second-order valence-electron chi connectivity index (χ2n) is 11.7. The van der Waals surface area contributed by atoms with Crippen LogP contribution in [0.25, 0.3) is 21.9 Å². The van der Waals surface area contributed by atoms with Crippen molar-refractivity contribution < 1.29 is 95.3 Å². The van der Waals surface area contributed by atoms with Gasteiger partial charge >= 0.3 is 59.1 Å². The fourth-order valence-corrected chi connectivity index (χ4v) is 6.61. The quantitative estimate of drug-likeness (QED) is 0.0719. The van der Waals surface area contributed by atoms with Crippen molar-refractivity contribution in [3.63, 3.8) is 0 Å². The number of nitrogens with two attached hydrogens (primary N) is 1. The van der Waals surface area contributed by atoms with Crippen LogP contribution in [0.4, 0.5) is 39.8 Å². The van der Waals surface area contributed by atoms with Crippen LogP contribution in [0.2, 0.25) is 0 Å². The number of nitrogens with one attached hydrogen (secondary N) is 1. The van der Waals surface area contributed by atoms with Crippen molar-refractivity contribution in [1.29, 1.82) is 0 Å². The molecule has 6 aromatic carbocycles. The van der Waals surface area contributed by atoms with E-state index in [1.165, 1.54) is 12.1 Å². The molecular formula is C36H28N6Na2O8S2. The smallest absolute Gasteiger partial charge is 0.872 e. The van der Waals surface area contributed by atoms with Gasteiger partial charge in [0.05, 0.1) is 27.6 Å². The number of benzene rings is 6. The Labute approximate surface area is 355 Å². The first kappa shape index (κ1) is 42.5. The van der Waals surface area contributed by atoms with Gasteiger partial charge in [0.15, 0.2) is 0 Å². The predicted molar refractivity (Wildman–Crippen MR) is 193 cm³/mol. The van der Waals surface area contributed by atoms with Gasteiger partial charge in [-0.15, -0.1) is 16.0 Å². The van der Waals surface area contributed by atoms with E-state index < -0.39 is 41.5 Å². The Hall–Kier alpha value is -4.20. The molecule has 0 saturated heterocycles. The Morgan fingerprint density at radius 3 is 1.76 bits per heavy atom. The van der Waals surface area contributed by atoms with Crippen LogP contribution in [-0.4, -0.2) is 25.9 Å². The Morgan fingerprint density at radius 1 is 0.648 bits per heavy atom. The molecule has 0 aliphatic carbocycles. The van der Waals surface area contributed by atoms with E-state index in [1.807, 2.05) is 55.5 Å². The Morgan fingerprint density at radius 2 is 1.20 bits per heavy atom. The van der Waals surface area contributed by atoms with Crippen molar-refractivity contribution in [3.05, 3.63) is 114 Å². The summed E-state index contributed by atoms with van der Waals surface area (Å²) in [5.41, 5.74) is 10.6. The van der Waals surface area contributed by atoms with Crippen LogP contribution in [0, 0.1) is 13.8 Å². The molecule has 18 heteroatoms. The molecule has 0 atom stereocenters. The fraction of sp³-hybridized carbons (Fsp3) is 0.0556. The second-order valence-corrected chi connectivity index (χ2v) is 14.5. The van der Waals surface area contributed by atoms with Crippen molar-refractivity contribution in [1.82, 2.24) is 0 Å². The van der Waals surface area contributed by atoms with Crippen molar-refractivity contribution in [3.8, 4) is 22.6 Å². The maximum absolute atomic E-state index is 13.4. The molecule has 0 amide bonds. The van der Waals surface area contributed by atoms with E-state index in [1.54, 1.807) is 31.2 Å². The molecule has 264 valence electrons. The molecule has 6 aromatic rings. The maximum atomic E-state index is 13.4. The van der Waals surface area contributed by atoms with E-state index in [9.17, 15) is 36.2 Å². The molecule has 6 rings (SSSR count). The van der Waals surface area contributed by atoms with E-state index >= 15 is 0 Å². The Balaban J connectivity index is 0.00000325. The zero-order chi connectivity index (χ0) is 37.4. The summed E-state index contributed by atoms with van der Waals surface area (Å²) in [6.07, 6.45) is 0. The molecule has 0 radical (unpaired) electrons. The number of nitrogen functional groups attached to an aromatic ring is 1. The first-order chi connectivity index (χ1) is 24.6. The van der Waals surface area contributed by atoms with Gasteiger partial charge in [-0.3, -0.25) is 9.11 Å². The van der Waals surface area contributed by atoms with Gasteiger partial charge in [0, 0.05) is 11.4 Å². The number of para-hydroxylation sites is 1. The Kier molecular flexibility index (Phi) is 13.5. The molecule has 14 nitrogen and oxygen atoms in total. The first-order valence-corrected chi connectivity index (χ1v) is 18.2. The number of hydrogen-bond acceptors (Lipinski definition) is 12. The van der Waals surface area contributed by atoms with E-state index in [0.717, 1.165) is 40.6 Å². The Bertz CT molecular complexity index is 2680. The van der Waals surface area contributed by atoms with Crippen LogP contribution in [0.5, 0.6) is 11.5 Å². The van der Waals surface area contributed by atoms with E-state index in [-0.39, 0.29) is 87.0 Å². The SMILES string of the molecule is Cc1cc(-c2ccc(N=Nc3c(S(=O)(=O)O)cc4cc(S(=O)(=O)O)cc(N)c4c3[O-])c(C)c2)ccc1N=Nc1ccc([O-])cc1Nc1ccccc1.[Na+].[Na+]. The molecular weight excluding hydrogens is 755 g/mol. The topological polar surface area (TPSA) is 242 Å². The fourth-order valence-electron chi connectivity index (χ4n) is 5.40. The number of rotatable bonds is 9. The average molecular weight is 783 g/mol. The molecule has 5 N–H and O–H groups in total. The molecule has 0 aromatic heterocycles. The number of hydrogen-bond donors (Lipinski definition) is 4. The summed E-state index contributed by atoms with van der Waals surface area (Å²) in [6.45, 7) is 3.61. The van der Waals surface area contributed by atoms with Gasteiger partial charge in [-0.1, -0.05) is 42.1 Å². The minimum absolute atomic E-state index is 0. The number of nitrogens with zero attached hydrogens (tertiary/aromatic N) is 4. The molecule has 0 heterocycles. The number of fused-ring (bicyclic) bond motifs is 1. The number of azo groups is 2. The van der Waals surface area contributed by atoms with Gasteiger partial charge < -0.3 is 21.3 Å². The summed E-state index contributed by atoms with van der Waals surface area (Å²) in [5.74, 6) is -1.20. The number of aryl methyl sites for hydroxylation is 2. The third-order valence-electron chi connectivity index (χ3n) is 7.98. The zero-order valence-electron chi connectivity index (χ0n) is 29.3. The van der Waals surface area contributed by atoms with Crippen LogP contribution in [-0.2, 0) is 20.2 Å². The third kappa shape index (κ3) is 9.53. The zero-order valence-corrected chi connectivity index (χ0v) is 35.0. The summed E-state index contributed by atoms with van der Waals surface area (Å²) in [6, 6.07) is 27.1. The van der Waals surface area contributed by atoms with E-state index in [4.69, 9.17) is 5.73 Å². The summed E-state index contributed by atoms with van der Waals surface area (Å²) >= 11 is 0. The summed E-state index contributed by atoms with van der Waals surface area (Å²) < 4.78 is 67.1. The first-order valence-electron chi connectivity index (χ1n) is 15.3. The minimum atomic E-state index is -5.05. The standard InChI is InChI=1S/C36H30N6O8S2.2Na/c1-20-14-22(8-11-29(20)39-41-31-13-10-26(43)18-32(31)38-25-6-4-3-5-7-25)23-9-12-30(21(2)15-23)40-42-35-33(52(48,49)50)17-24-16-27(51(45,46)47)19-28(37)34(24)36(35)44;;/h3-19,38,43-44H,37H2,1-2H3,(H,45,46,47)(H,48,49,50);;/q;2*+1/p-2. The van der Waals surface area contributed by atoms with Gasteiger partial charge in [-0.05, 0) is 114 Å². The average Bonchev–Trinajstić information content (AvgIpc) is 3.07. The largest absolute Gasteiger partial charge is 1.00 e. The molecule has 0 bridgehead atoms. The second kappa shape index (κ2) is 17.1. The van der Waals surface area contributed by atoms with Crippen LogP contribution in [0.3, 0.4) is 0 Å². The molecule has 0 aliphatic heterocycles. The van der Waals surface area contributed by atoms with E-state index in [2.05, 4.69) is 25.8 Å². The van der Waals surface area contributed by atoms with Crippen LogP contribution in [0.1, 0.15) is 11.1 Å². The summed E-state index contributed by atoms with van der Waals surface area (Å²) in [4.78, 5) is -1.59. The van der Waals surface area contributed by atoms with Crippen molar-refractivity contribution in [2.24, 2.45) is 20.5 Å². The summed E-state index contributed by atoms with van der Waals surface area (Å²) in [5, 5.41) is 44.8. The monoisotopic (exact) mass is 782 g/mol. The van der Waals surface area contributed by atoms with Crippen LogP contribution < -0.4 is 80.4 Å². The van der Waals surface area contributed by atoms with Gasteiger partial charge in [0.1, 0.15) is 10.6 Å². The van der Waals surface area contributed by atoms with E-state index in [0.29, 0.717) is 22.6 Å². The van der Waals surface area contributed by atoms with Gasteiger partial charge in [0.2, 0.25) is 0 Å². The molecule has 0 spiro atoms. The molecule has 0 aliphatic rings. The van der Waals surface area contributed by atoms with Gasteiger partial charge in [-0.2, -0.15) is 27.1 Å². The van der Waals surface area contributed by atoms with Crippen molar-refractivity contribution in [2.75, 3.05) is 11.1 Å². The molecule has 54 heavy (non-hydrogen) atoms. The van der Waals surface area contributed by atoms with Crippen LogP contribution >= 0.6 is 0 Å².